The van der Waals surface area contributed by atoms with Crippen LogP contribution >= 0.6 is 0 Å². The number of benzene rings is 2. The summed E-state index contributed by atoms with van der Waals surface area (Å²) in [6.07, 6.45) is -5.10. The predicted molar refractivity (Wildman–Crippen MR) is 112 cm³/mol. The maximum absolute atomic E-state index is 15.4. The summed E-state index contributed by atoms with van der Waals surface area (Å²) in [7, 11) is 0. The quantitative estimate of drug-likeness (QED) is 0.565. The summed E-state index contributed by atoms with van der Waals surface area (Å²) >= 11 is 0. The fraction of sp³-hybridized carbons (Fsp3) is 0.217. The lowest BCUT2D eigenvalue weighted by Crippen LogP contribution is -2.38. The number of nitrogens with zero attached hydrogens (tertiary/aromatic N) is 1. The number of carbonyl (C=O) groups excluding carboxylic acids is 2. The van der Waals surface area contributed by atoms with Crippen LogP contribution in [0.2, 0.25) is 0 Å². The molecule has 1 saturated heterocycles. The highest BCUT2D eigenvalue weighted by Gasteiger charge is 2.49. The topological polar surface area (TPSA) is 117 Å². The minimum atomic E-state index is -1.98. The average Bonchev–Trinajstić information content (AvgIpc) is 3.13. The monoisotopic (exact) mass is 454 g/mol. The number of nitrogens with one attached hydrogen (secondary N) is 1. The van der Waals surface area contributed by atoms with Gasteiger partial charge in [0, 0.05) is 12.3 Å². The lowest BCUT2D eigenvalue weighted by atomic mass is 10.1. The van der Waals surface area contributed by atoms with Crippen LogP contribution in [0, 0.1) is 0 Å². The van der Waals surface area contributed by atoms with Crippen molar-refractivity contribution >= 4 is 11.9 Å². The number of alkyl halides is 1. The third-order valence-electron chi connectivity index (χ3n) is 5.03. The molecular weight excluding hydrogens is 435 g/mol. The molecule has 4 rings (SSSR count). The summed E-state index contributed by atoms with van der Waals surface area (Å²) in [5.74, 6) is -1.48. The summed E-state index contributed by atoms with van der Waals surface area (Å²) in [6.45, 7) is -0.435. The number of esters is 2. The van der Waals surface area contributed by atoms with E-state index in [-0.39, 0.29) is 11.1 Å². The highest BCUT2D eigenvalue weighted by Crippen LogP contribution is 2.33. The molecule has 9 nitrogen and oxygen atoms in total. The zero-order chi connectivity index (χ0) is 23.4. The van der Waals surface area contributed by atoms with Gasteiger partial charge < -0.3 is 14.2 Å². The van der Waals surface area contributed by atoms with Gasteiger partial charge in [0.25, 0.3) is 5.56 Å². The maximum atomic E-state index is 15.4. The molecule has 1 aliphatic heterocycles. The van der Waals surface area contributed by atoms with E-state index < -0.39 is 54.4 Å². The summed E-state index contributed by atoms with van der Waals surface area (Å²) in [4.78, 5) is 50.4. The molecule has 10 heteroatoms. The Balaban J connectivity index is 1.56. The highest BCUT2D eigenvalue weighted by molar-refractivity contribution is 5.90. The molecule has 0 bridgehead atoms. The number of aromatic nitrogens is 2. The Morgan fingerprint density at radius 2 is 1.55 bits per heavy atom. The second kappa shape index (κ2) is 9.61. The number of hydrogen-bond donors (Lipinski definition) is 1. The first-order chi connectivity index (χ1) is 15.9. The second-order valence-corrected chi connectivity index (χ2v) is 7.23. The van der Waals surface area contributed by atoms with Gasteiger partial charge in [-0.25, -0.2) is 18.8 Å². The lowest BCUT2D eigenvalue weighted by Gasteiger charge is -2.19. The van der Waals surface area contributed by atoms with Crippen LogP contribution in [-0.2, 0) is 14.2 Å². The van der Waals surface area contributed by atoms with E-state index in [9.17, 15) is 19.2 Å². The van der Waals surface area contributed by atoms with Crippen LogP contribution in [0.15, 0.2) is 82.5 Å². The van der Waals surface area contributed by atoms with Gasteiger partial charge >= 0.3 is 17.6 Å². The van der Waals surface area contributed by atoms with Crippen LogP contribution in [0.5, 0.6) is 0 Å². The Morgan fingerprint density at radius 3 is 2.15 bits per heavy atom. The molecule has 1 fully saturated rings. The standard InChI is InChI=1S/C23H19FN2O7/c24-18-19(33-22(29)15-9-5-2-6-10-15)16(13-31-21(28)14-7-3-1-4-8-14)32-20(18)26-12-11-17(27)25-23(26)30/h1-12,16,18-20H,13H2,(H,25,27,30)/t16-,18?,19+,20-/m1/s1. The fourth-order valence-corrected chi connectivity index (χ4v) is 3.40. The van der Waals surface area contributed by atoms with Gasteiger partial charge in [-0.05, 0) is 24.3 Å². The molecule has 1 aliphatic rings. The van der Waals surface area contributed by atoms with Crippen LogP contribution in [0.25, 0.3) is 0 Å². The minimum Gasteiger partial charge on any atom is -0.459 e. The van der Waals surface area contributed by atoms with Crippen LogP contribution in [0.4, 0.5) is 4.39 Å². The van der Waals surface area contributed by atoms with Crippen LogP contribution in [-0.4, -0.2) is 46.5 Å². The Morgan fingerprint density at radius 1 is 0.939 bits per heavy atom. The number of halogens is 1. The van der Waals surface area contributed by atoms with E-state index in [0.29, 0.717) is 0 Å². The van der Waals surface area contributed by atoms with Gasteiger partial charge in [0.2, 0.25) is 0 Å². The van der Waals surface area contributed by atoms with E-state index >= 15 is 4.39 Å². The average molecular weight is 454 g/mol. The molecule has 2 aromatic carbocycles. The molecule has 1 N–H and O–H groups in total. The van der Waals surface area contributed by atoms with Gasteiger partial charge in [-0.15, -0.1) is 0 Å². The lowest BCUT2D eigenvalue weighted by molar-refractivity contribution is -0.0592. The highest BCUT2D eigenvalue weighted by atomic mass is 19.1. The third-order valence-corrected chi connectivity index (χ3v) is 5.03. The first kappa shape index (κ1) is 22.2. The number of hydrogen-bond acceptors (Lipinski definition) is 7. The van der Waals surface area contributed by atoms with Crippen molar-refractivity contribution in [2.24, 2.45) is 0 Å². The summed E-state index contributed by atoms with van der Waals surface area (Å²) < 4.78 is 32.5. The predicted octanol–water partition coefficient (Wildman–Crippen LogP) is 1.85. The molecule has 33 heavy (non-hydrogen) atoms. The van der Waals surface area contributed by atoms with E-state index in [2.05, 4.69) is 0 Å². The normalized spacial score (nSPS) is 22.0. The molecule has 1 unspecified atom stereocenters. The zero-order valence-electron chi connectivity index (χ0n) is 17.1. The van der Waals surface area contributed by atoms with Gasteiger partial charge in [0.05, 0.1) is 11.1 Å². The van der Waals surface area contributed by atoms with Gasteiger partial charge in [-0.1, -0.05) is 36.4 Å². The number of ether oxygens (including phenoxy) is 3. The molecule has 0 spiro atoms. The van der Waals surface area contributed by atoms with Crippen LogP contribution in [0.1, 0.15) is 26.9 Å². The molecule has 1 aromatic heterocycles. The molecule has 2 heterocycles. The van der Waals surface area contributed by atoms with Crippen LogP contribution in [0.3, 0.4) is 0 Å². The molecule has 3 aromatic rings. The van der Waals surface area contributed by atoms with Crippen molar-refractivity contribution in [1.29, 1.82) is 0 Å². The van der Waals surface area contributed by atoms with Gasteiger partial charge in [0.15, 0.2) is 18.5 Å². The molecule has 0 saturated carbocycles. The Bertz CT molecular complexity index is 1240. The van der Waals surface area contributed by atoms with E-state index in [4.69, 9.17) is 14.2 Å². The molecule has 0 radical (unpaired) electrons. The Labute approximate surface area is 186 Å². The summed E-state index contributed by atoms with van der Waals surface area (Å²) in [5.41, 5.74) is -1.09. The maximum Gasteiger partial charge on any atom is 0.338 e. The van der Waals surface area contributed by atoms with Crippen molar-refractivity contribution in [3.05, 3.63) is 105 Å². The first-order valence-electron chi connectivity index (χ1n) is 10.0. The van der Waals surface area contributed by atoms with Crippen molar-refractivity contribution in [3.63, 3.8) is 0 Å². The molecular formula is C23H19FN2O7. The molecule has 0 amide bonds. The van der Waals surface area contributed by atoms with Crippen molar-refractivity contribution in [2.45, 2.75) is 24.6 Å². The number of carbonyl (C=O) groups is 2. The Kier molecular flexibility index (Phi) is 6.45. The first-order valence-corrected chi connectivity index (χ1v) is 10.0. The number of rotatable bonds is 6. The van der Waals surface area contributed by atoms with Crippen LogP contribution < -0.4 is 11.2 Å². The van der Waals surface area contributed by atoms with Crippen molar-refractivity contribution in [2.75, 3.05) is 6.61 Å². The second-order valence-electron chi connectivity index (χ2n) is 7.23. The van der Waals surface area contributed by atoms with Gasteiger partial charge in [-0.3, -0.25) is 14.3 Å². The van der Waals surface area contributed by atoms with Crippen molar-refractivity contribution < 1.29 is 28.2 Å². The summed E-state index contributed by atoms with van der Waals surface area (Å²) in [5, 5.41) is 0. The zero-order valence-corrected chi connectivity index (χ0v) is 17.1. The number of aromatic amines is 1. The molecule has 0 aliphatic carbocycles. The van der Waals surface area contributed by atoms with E-state index in [1.165, 1.54) is 12.1 Å². The van der Waals surface area contributed by atoms with E-state index in [0.717, 1.165) is 16.8 Å². The smallest absolute Gasteiger partial charge is 0.338 e. The van der Waals surface area contributed by atoms with Gasteiger partial charge in [0.1, 0.15) is 12.7 Å². The largest absolute Gasteiger partial charge is 0.459 e. The Hall–Kier alpha value is -4.05. The van der Waals surface area contributed by atoms with Crippen molar-refractivity contribution in [1.82, 2.24) is 9.55 Å². The number of H-pyrrole nitrogens is 1. The van der Waals surface area contributed by atoms with Crippen molar-refractivity contribution in [3.8, 4) is 0 Å². The SMILES string of the molecule is O=C(OC[C@H]1O[C@@H](n2ccc(=O)[nH]c2=O)C(F)[C@H]1OC(=O)c1ccccc1)c1ccccc1. The minimum absolute atomic E-state index is 0.189. The van der Waals surface area contributed by atoms with E-state index in [1.807, 2.05) is 4.98 Å². The molecule has 4 atom stereocenters. The summed E-state index contributed by atoms with van der Waals surface area (Å²) in [6, 6.07) is 17.1. The third kappa shape index (κ3) is 4.90. The van der Waals surface area contributed by atoms with E-state index in [1.54, 1.807) is 48.5 Å². The molecule has 170 valence electrons. The van der Waals surface area contributed by atoms with Gasteiger partial charge in [-0.2, -0.15) is 0 Å². The fourth-order valence-electron chi connectivity index (χ4n) is 3.40.